The number of nitrogens with two attached hydrogens (primary N) is 1. The van der Waals surface area contributed by atoms with Gasteiger partial charge < -0.3 is 15.7 Å². The van der Waals surface area contributed by atoms with Crippen LogP contribution in [0.25, 0.3) is 0 Å². The molecule has 0 aromatic heterocycles. The van der Waals surface area contributed by atoms with Crippen LogP contribution in [0, 0.1) is 11.8 Å². The molecule has 17 heavy (non-hydrogen) atoms. The quantitative estimate of drug-likeness (QED) is 0.759. The number of carbonyl (C=O) groups excluding carboxylic acids is 1. The smallest absolute Gasteiger partial charge is 0.303 e. The van der Waals surface area contributed by atoms with Crippen LogP contribution in [0.3, 0.4) is 0 Å². The van der Waals surface area contributed by atoms with Gasteiger partial charge in [0.05, 0.1) is 6.04 Å². The van der Waals surface area contributed by atoms with Crippen molar-refractivity contribution in [3.05, 3.63) is 0 Å². The molecule has 2 unspecified atom stereocenters. The number of amides is 1. The predicted octanol–water partition coefficient (Wildman–Crippen LogP) is 0.683. The average molecular weight is 242 g/mol. The lowest BCUT2D eigenvalue weighted by molar-refractivity contribution is -0.141. The standard InChI is InChI=1S/C12H22N2O3/c1-8(2)11(13)12(17)14-5-3-4-9(7-14)6-10(15)16/h8-9,11H,3-7,13H2,1-2H3,(H,15,16). The fourth-order valence-electron chi connectivity index (χ4n) is 2.17. The lowest BCUT2D eigenvalue weighted by atomic mass is 9.93. The number of piperidine rings is 1. The summed E-state index contributed by atoms with van der Waals surface area (Å²) in [5.74, 6) is -0.653. The molecule has 0 spiro atoms. The summed E-state index contributed by atoms with van der Waals surface area (Å²) in [5, 5.41) is 8.76. The number of likely N-dealkylation sites (tertiary alicyclic amines) is 1. The molecule has 1 aliphatic rings. The molecule has 1 saturated heterocycles. The van der Waals surface area contributed by atoms with E-state index in [9.17, 15) is 9.59 Å². The van der Waals surface area contributed by atoms with E-state index in [1.54, 1.807) is 4.90 Å². The third kappa shape index (κ3) is 4.00. The van der Waals surface area contributed by atoms with E-state index >= 15 is 0 Å². The maximum atomic E-state index is 12.0. The fourth-order valence-corrected chi connectivity index (χ4v) is 2.17. The van der Waals surface area contributed by atoms with E-state index in [2.05, 4.69) is 0 Å². The highest BCUT2D eigenvalue weighted by Crippen LogP contribution is 2.20. The topological polar surface area (TPSA) is 83.6 Å². The summed E-state index contributed by atoms with van der Waals surface area (Å²) in [6.45, 7) is 5.07. The minimum absolute atomic E-state index is 0.0462. The highest BCUT2D eigenvalue weighted by Gasteiger charge is 2.29. The van der Waals surface area contributed by atoms with Gasteiger partial charge in [0, 0.05) is 19.5 Å². The molecule has 0 bridgehead atoms. The van der Waals surface area contributed by atoms with Gasteiger partial charge in [-0.15, -0.1) is 0 Å². The summed E-state index contributed by atoms with van der Waals surface area (Å²) in [6, 6.07) is -0.474. The normalized spacial score (nSPS) is 22.6. The Morgan fingerprint density at radius 2 is 2.12 bits per heavy atom. The molecule has 5 nitrogen and oxygen atoms in total. The summed E-state index contributed by atoms with van der Waals surface area (Å²) in [7, 11) is 0. The van der Waals surface area contributed by atoms with Gasteiger partial charge in [0.15, 0.2) is 0 Å². The fraction of sp³-hybridized carbons (Fsp3) is 0.833. The Labute approximate surface area is 102 Å². The van der Waals surface area contributed by atoms with E-state index in [4.69, 9.17) is 10.8 Å². The predicted molar refractivity (Wildman–Crippen MR) is 64.4 cm³/mol. The van der Waals surface area contributed by atoms with Crippen molar-refractivity contribution in [3.8, 4) is 0 Å². The molecule has 0 radical (unpaired) electrons. The Kier molecular flexibility index (Phi) is 4.93. The van der Waals surface area contributed by atoms with Crippen LogP contribution in [-0.4, -0.2) is 41.0 Å². The molecular formula is C12H22N2O3. The zero-order chi connectivity index (χ0) is 13.0. The van der Waals surface area contributed by atoms with E-state index < -0.39 is 12.0 Å². The summed E-state index contributed by atoms with van der Waals surface area (Å²) >= 11 is 0. The van der Waals surface area contributed by atoms with E-state index in [0.29, 0.717) is 13.1 Å². The summed E-state index contributed by atoms with van der Waals surface area (Å²) in [5.41, 5.74) is 5.83. The number of hydrogen-bond donors (Lipinski definition) is 2. The van der Waals surface area contributed by atoms with Crippen LogP contribution >= 0.6 is 0 Å². The third-order valence-corrected chi connectivity index (χ3v) is 3.30. The van der Waals surface area contributed by atoms with E-state index in [1.165, 1.54) is 0 Å². The highest BCUT2D eigenvalue weighted by molar-refractivity contribution is 5.82. The van der Waals surface area contributed by atoms with Crippen molar-refractivity contribution in [1.29, 1.82) is 0 Å². The second-order valence-electron chi connectivity index (χ2n) is 5.16. The van der Waals surface area contributed by atoms with E-state index in [0.717, 1.165) is 12.8 Å². The Morgan fingerprint density at radius 1 is 1.47 bits per heavy atom. The van der Waals surface area contributed by atoms with Crippen molar-refractivity contribution in [3.63, 3.8) is 0 Å². The maximum absolute atomic E-state index is 12.0. The van der Waals surface area contributed by atoms with E-state index in [1.807, 2.05) is 13.8 Å². The monoisotopic (exact) mass is 242 g/mol. The molecule has 1 rings (SSSR count). The first-order valence-corrected chi connectivity index (χ1v) is 6.18. The number of carbonyl (C=O) groups is 2. The third-order valence-electron chi connectivity index (χ3n) is 3.30. The minimum Gasteiger partial charge on any atom is -0.481 e. The second-order valence-corrected chi connectivity index (χ2v) is 5.16. The molecule has 0 aromatic rings. The molecule has 0 aliphatic carbocycles. The van der Waals surface area contributed by atoms with Gasteiger partial charge in [0.25, 0.3) is 0 Å². The largest absolute Gasteiger partial charge is 0.481 e. The minimum atomic E-state index is -0.794. The van der Waals surface area contributed by atoms with Crippen LogP contribution in [0.15, 0.2) is 0 Å². The zero-order valence-electron chi connectivity index (χ0n) is 10.6. The molecule has 98 valence electrons. The van der Waals surface area contributed by atoms with Crippen LogP contribution in [0.4, 0.5) is 0 Å². The summed E-state index contributed by atoms with van der Waals surface area (Å²) < 4.78 is 0. The van der Waals surface area contributed by atoms with Crippen molar-refractivity contribution >= 4 is 11.9 Å². The van der Waals surface area contributed by atoms with Gasteiger partial charge in [-0.05, 0) is 24.7 Å². The molecule has 1 heterocycles. The van der Waals surface area contributed by atoms with Crippen LogP contribution in [-0.2, 0) is 9.59 Å². The molecule has 0 saturated carbocycles. The number of hydrogen-bond acceptors (Lipinski definition) is 3. The Bertz CT molecular complexity index is 291. The van der Waals surface area contributed by atoms with Gasteiger partial charge in [-0.3, -0.25) is 9.59 Å². The molecule has 5 heteroatoms. The number of nitrogens with zero attached hydrogens (tertiary/aromatic N) is 1. The lowest BCUT2D eigenvalue weighted by Gasteiger charge is -2.34. The summed E-state index contributed by atoms with van der Waals surface area (Å²) in [4.78, 5) is 24.4. The van der Waals surface area contributed by atoms with Gasteiger partial charge in [-0.25, -0.2) is 0 Å². The van der Waals surface area contributed by atoms with Crippen molar-refractivity contribution in [2.45, 2.75) is 39.2 Å². The van der Waals surface area contributed by atoms with Crippen LogP contribution in [0.1, 0.15) is 33.1 Å². The Morgan fingerprint density at radius 3 is 2.65 bits per heavy atom. The van der Waals surface area contributed by atoms with E-state index in [-0.39, 0.29) is 24.2 Å². The number of aliphatic carboxylic acids is 1. The molecule has 0 aromatic carbocycles. The average Bonchev–Trinajstić information content (AvgIpc) is 2.26. The second kappa shape index (κ2) is 6.00. The molecule has 1 fully saturated rings. The first-order chi connectivity index (χ1) is 7.91. The van der Waals surface area contributed by atoms with Gasteiger partial charge >= 0.3 is 5.97 Å². The maximum Gasteiger partial charge on any atom is 0.303 e. The highest BCUT2D eigenvalue weighted by atomic mass is 16.4. The molecular weight excluding hydrogens is 220 g/mol. The van der Waals surface area contributed by atoms with Crippen LogP contribution in [0.5, 0.6) is 0 Å². The number of carboxylic acids is 1. The van der Waals surface area contributed by atoms with Crippen LogP contribution in [0.2, 0.25) is 0 Å². The Balaban J connectivity index is 2.54. The van der Waals surface area contributed by atoms with Gasteiger partial charge in [0.1, 0.15) is 0 Å². The number of rotatable bonds is 4. The van der Waals surface area contributed by atoms with Gasteiger partial charge in [-0.1, -0.05) is 13.8 Å². The summed E-state index contributed by atoms with van der Waals surface area (Å²) in [6.07, 6.45) is 1.89. The lowest BCUT2D eigenvalue weighted by Crippen LogP contribution is -2.50. The van der Waals surface area contributed by atoms with Crippen molar-refractivity contribution in [2.75, 3.05) is 13.1 Å². The number of carboxylic acid groups (broad SMARTS) is 1. The molecule has 3 N–H and O–H groups in total. The van der Waals surface area contributed by atoms with Gasteiger partial charge in [0.2, 0.25) is 5.91 Å². The SMILES string of the molecule is CC(C)C(N)C(=O)N1CCCC(CC(=O)O)C1. The Hall–Kier alpha value is -1.10. The first-order valence-electron chi connectivity index (χ1n) is 6.18. The van der Waals surface area contributed by atoms with Crippen LogP contribution < -0.4 is 5.73 Å². The van der Waals surface area contributed by atoms with Gasteiger partial charge in [-0.2, -0.15) is 0 Å². The molecule has 1 amide bonds. The zero-order valence-corrected chi connectivity index (χ0v) is 10.6. The van der Waals surface area contributed by atoms with Crippen molar-refractivity contribution < 1.29 is 14.7 Å². The van der Waals surface area contributed by atoms with Crippen molar-refractivity contribution in [1.82, 2.24) is 4.90 Å². The first kappa shape index (κ1) is 14.0. The molecule has 2 atom stereocenters. The van der Waals surface area contributed by atoms with Crippen molar-refractivity contribution in [2.24, 2.45) is 17.6 Å². The molecule has 1 aliphatic heterocycles.